The molecule has 0 aliphatic carbocycles. The molecule has 1 amide bonds. The second kappa shape index (κ2) is 9.31. The van der Waals surface area contributed by atoms with Crippen LogP contribution in [0.15, 0.2) is 47.4 Å². The Hall–Kier alpha value is -2.89. The minimum Gasteiger partial charge on any atom is -0.462 e. The quantitative estimate of drug-likeness (QED) is 0.546. The summed E-state index contributed by atoms with van der Waals surface area (Å²) in [5.41, 5.74) is 1.67. The molecule has 1 fully saturated rings. The van der Waals surface area contributed by atoms with E-state index in [-0.39, 0.29) is 24.0 Å². The molecule has 0 radical (unpaired) electrons. The summed E-state index contributed by atoms with van der Waals surface area (Å²) >= 11 is 0.963. The van der Waals surface area contributed by atoms with E-state index < -0.39 is 21.9 Å². The number of rotatable bonds is 6. The lowest BCUT2D eigenvalue weighted by molar-refractivity contribution is -0.120. The smallest absolute Gasteiger partial charge is 0.338 e. The molecule has 4 rings (SSSR count). The number of aromatic nitrogens is 2. The van der Waals surface area contributed by atoms with Gasteiger partial charge in [-0.05, 0) is 50.1 Å². The van der Waals surface area contributed by atoms with E-state index in [0.717, 1.165) is 11.7 Å². The van der Waals surface area contributed by atoms with Crippen molar-refractivity contribution >= 4 is 50.3 Å². The zero-order chi connectivity index (χ0) is 22.7. The predicted octanol–water partition coefficient (Wildman–Crippen LogP) is 2.91. The molecule has 0 saturated carbocycles. The fraction of sp³-hybridized carbons (Fsp3) is 0.333. The first-order valence-corrected chi connectivity index (χ1v) is 12.4. The number of benzene rings is 2. The predicted molar refractivity (Wildman–Crippen MR) is 120 cm³/mol. The molecular weight excluding hydrogens is 452 g/mol. The summed E-state index contributed by atoms with van der Waals surface area (Å²) in [6, 6.07) is 11.4. The van der Waals surface area contributed by atoms with Gasteiger partial charge >= 0.3 is 5.97 Å². The normalized spacial score (nSPS) is 17.2. The number of ether oxygens (including phenoxy) is 1. The van der Waals surface area contributed by atoms with Crippen LogP contribution in [0.5, 0.6) is 0 Å². The number of carbonyl (C=O) groups is 2. The van der Waals surface area contributed by atoms with E-state index in [2.05, 4.69) is 14.1 Å². The van der Waals surface area contributed by atoms with Crippen molar-refractivity contribution in [3.8, 4) is 0 Å². The standard InChI is InChI=1S/C21H22N4O5S2/c1-2-30-21(27)14-6-3-8-16(12-14)22-20(26)15-7-5-11-25(13-15)32(28,29)18-10-4-9-17-19(18)24-31-23-17/h3-4,6,8-10,12,15H,2,5,7,11,13H2,1H3,(H,22,26). The zero-order valence-electron chi connectivity index (χ0n) is 17.4. The highest BCUT2D eigenvalue weighted by Crippen LogP contribution is 2.28. The van der Waals surface area contributed by atoms with Gasteiger partial charge in [0.15, 0.2) is 0 Å². The van der Waals surface area contributed by atoms with Crippen LogP contribution in [0.25, 0.3) is 11.0 Å². The molecule has 0 bridgehead atoms. The van der Waals surface area contributed by atoms with Crippen LogP contribution in [-0.4, -0.2) is 53.0 Å². The maximum absolute atomic E-state index is 13.3. The molecular formula is C21H22N4O5S2. The van der Waals surface area contributed by atoms with Gasteiger partial charge in [0.2, 0.25) is 15.9 Å². The number of amides is 1. The van der Waals surface area contributed by atoms with E-state index in [4.69, 9.17) is 4.74 Å². The molecule has 32 heavy (non-hydrogen) atoms. The van der Waals surface area contributed by atoms with Crippen molar-refractivity contribution in [2.45, 2.75) is 24.7 Å². The number of hydrogen-bond donors (Lipinski definition) is 1. The monoisotopic (exact) mass is 474 g/mol. The van der Waals surface area contributed by atoms with Gasteiger partial charge in [0, 0.05) is 18.8 Å². The van der Waals surface area contributed by atoms with Crippen molar-refractivity contribution in [2.24, 2.45) is 5.92 Å². The van der Waals surface area contributed by atoms with Crippen molar-refractivity contribution in [2.75, 3.05) is 25.0 Å². The molecule has 1 saturated heterocycles. The number of nitrogens with zero attached hydrogens (tertiary/aromatic N) is 3. The second-order valence-corrected chi connectivity index (χ2v) is 9.82. The van der Waals surface area contributed by atoms with Crippen LogP contribution < -0.4 is 5.32 Å². The molecule has 2 heterocycles. The lowest BCUT2D eigenvalue weighted by atomic mass is 9.98. The molecule has 1 atom stereocenters. The summed E-state index contributed by atoms with van der Waals surface area (Å²) < 4.78 is 41.1. The van der Waals surface area contributed by atoms with Crippen LogP contribution in [0.3, 0.4) is 0 Å². The van der Waals surface area contributed by atoms with E-state index in [1.165, 1.54) is 10.4 Å². The van der Waals surface area contributed by atoms with E-state index in [1.807, 2.05) is 0 Å². The Morgan fingerprint density at radius 2 is 2.03 bits per heavy atom. The van der Waals surface area contributed by atoms with E-state index in [0.29, 0.717) is 41.7 Å². The van der Waals surface area contributed by atoms with Crippen molar-refractivity contribution in [3.63, 3.8) is 0 Å². The molecule has 168 valence electrons. The Balaban J connectivity index is 1.49. The first-order valence-electron chi connectivity index (χ1n) is 10.2. The number of nitrogens with one attached hydrogen (secondary N) is 1. The molecule has 2 aromatic carbocycles. The highest BCUT2D eigenvalue weighted by Gasteiger charge is 2.34. The largest absolute Gasteiger partial charge is 0.462 e. The zero-order valence-corrected chi connectivity index (χ0v) is 19.0. The van der Waals surface area contributed by atoms with Gasteiger partial charge in [-0.3, -0.25) is 4.79 Å². The maximum atomic E-state index is 13.3. The van der Waals surface area contributed by atoms with E-state index in [1.54, 1.807) is 43.3 Å². The first-order chi connectivity index (χ1) is 15.4. The Labute approximate surface area is 189 Å². The lowest BCUT2D eigenvalue weighted by Gasteiger charge is -2.31. The molecule has 1 aromatic heterocycles. The fourth-order valence-corrected chi connectivity index (χ4v) is 5.96. The van der Waals surface area contributed by atoms with Crippen molar-refractivity contribution < 1.29 is 22.7 Å². The summed E-state index contributed by atoms with van der Waals surface area (Å²) in [6.45, 7) is 2.38. The topological polar surface area (TPSA) is 119 Å². The average Bonchev–Trinajstić information content (AvgIpc) is 3.28. The number of piperidine rings is 1. The minimum absolute atomic E-state index is 0.0691. The Morgan fingerprint density at radius 1 is 1.22 bits per heavy atom. The second-order valence-electron chi connectivity index (χ2n) is 7.38. The molecule has 11 heteroatoms. The maximum Gasteiger partial charge on any atom is 0.338 e. The lowest BCUT2D eigenvalue weighted by Crippen LogP contribution is -2.43. The SMILES string of the molecule is CCOC(=O)c1cccc(NC(=O)C2CCCN(S(=O)(=O)c3cccc4nsnc34)C2)c1. The Morgan fingerprint density at radius 3 is 2.84 bits per heavy atom. The summed E-state index contributed by atoms with van der Waals surface area (Å²) in [7, 11) is -3.83. The highest BCUT2D eigenvalue weighted by atomic mass is 32.2. The molecule has 1 aliphatic heterocycles. The molecule has 1 aliphatic rings. The van der Waals surface area contributed by atoms with Gasteiger partial charge in [-0.25, -0.2) is 13.2 Å². The van der Waals surface area contributed by atoms with Gasteiger partial charge in [-0.2, -0.15) is 13.1 Å². The van der Waals surface area contributed by atoms with Crippen molar-refractivity contribution in [1.29, 1.82) is 0 Å². The van der Waals surface area contributed by atoms with Gasteiger partial charge in [-0.15, -0.1) is 0 Å². The number of anilines is 1. The third-order valence-electron chi connectivity index (χ3n) is 5.26. The number of sulfonamides is 1. The van der Waals surface area contributed by atoms with Crippen LogP contribution in [0.2, 0.25) is 0 Å². The van der Waals surface area contributed by atoms with Crippen LogP contribution in [-0.2, 0) is 19.6 Å². The number of esters is 1. The Bertz CT molecular complexity index is 1260. The number of hydrogen-bond acceptors (Lipinski definition) is 8. The summed E-state index contributed by atoms with van der Waals surface area (Å²) in [4.78, 5) is 24.9. The Kier molecular flexibility index (Phi) is 6.49. The number of carbonyl (C=O) groups excluding carboxylic acids is 2. The van der Waals surface area contributed by atoms with Gasteiger partial charge < -0.3 is 10.1 Å². The molecule has 1 unspecified atom stereocenters. The van der Waals surface area contributed by atoms with Gasteiger partial charge in [0.25, 0.3) is 0 Å². The molecule has 9 nitrogen and oxygen atoms in total. The van der Waals surface area contributed by atoms with E-state index in [9.17, 15) is 18.0 Å². The summed E-state index contributed by atoms with van der Waals surface area (Å²) in [6.07, 6.45) is 1.13. The third-order valence-corrected chi connectivity index (χ3v) is 7.70. The van der Waals surface area contributed by atoms with Crippen LogP contribution >= 0.6 is 11.7 Å². The van der Waals surface area contributed by atoms with Gasteiger partial charge in [0.05, 0.1) is 29.8 Å². The van der Waals surface area contributed by atoms with Crippen LogP contribution in [0, 0.1) is 5.92 Å². The highest BCUT2D eigenvalue weighted by molar-refractivity contribution is 7.89. The van der Waals surface area contributed by atoms with Crippen molar-refractivity contribution in [3.05, 3.63) is 48.0 Å². The summed E-state index contributed by atoms with van der Waals surface area (Å²) in [5, 5.41) is 2.80. The van der Waals surface area contributed by atoms with E-state index >= 15 is 0 Å². The number of fused-ring (bicyclic) bond motifs is 1. The molecule has 3 aromatic rings. The minimum atomic E-state index is -3.83. The van der Waals surface area contributed by atoms with Crippen LogP contribution in [0.4, 0.5) is 5.69 Å². The van der Waals surface area contributed by atoms with Gasteiger partial charge in [-0.1, -0.05) is 12.1 Å². The average molecular weight is 475 g/mol. The summed E-state index contributed by atoms with van der Waals surface area (Å²) in [5.74, 6) is -1.28. The fourth-order valence-electron chi connectivity index (χ4n) is 3.69. The molecule has 0 spiro atoms. The third kappa shape index (κ3) is 4.50. The van der Waals surface area contributed by atoms with Gasteiger partial charge in [0.1, 0.15) is 15.9 Å². The van der Waals surface area contributed by atoms with Crippen LogP contribution in [0.1, 0.15) is 30.1 Å². The van der Waals surface area contributed by atoms with Crippen molar-refractivity contribution in [1.82, 2.24) is 13.1 Å². The first kappa shape index (κ1) is 22.3. The molecule has 1 N–H and O–H groups in total.